The summed E-state index contributed by atoms with van der Waals surface area (Å²) in [5.41, 5.74) is 4.30. The average molecular weight is 559 g/mol. The molecule has 0 bridgehead atoms. The molecule has 1 fully saturated rings. The van der Waals surface area contributed by atoms with Gasteiger partial charge in [0.05, 0.1) is 52.8 Å². The molecule has 4 heterocycles. The summed E-state index contributed by atoms with van der Waals surface area (Å²) in [6.45, 7) is 5.33. The second-order valence-corrected chi connectivity index (χ2v) is 10.0. The molecule has 1 amide bonds. The number of fused-ring (bicyclic) bond motifs is 1. The SMILES string of the molecule is C=C/C=C\C(=O)Nc1cc(Nc2ncc(Cl)c(-c3cnn4ccccc34)n2)c(OC)cc1N1CC[C@@H](N(C)C)C1. The maximum atomic E-state index is 12.7. The van der Waals surface area contributed by atoms with Gasteiger partial charge in [0.25, 0.3) is 0 Å². The number of pyridine rings is 1. The van der Waals surface area contributed by atoms with Crippen molar-refractivity contribution in [2.75, 3.05) is 49.8 Å². The first kappa shape index (κ1) is 27.2. The minimum absolute atomic E-state index is 0.265. The van der Waals surface area contributed by atoms with Gasteiger partial charge in [0, 0.05) is 43.0 Å². The first-order chi connectivity index (χ1) is 19.4. The lowest BCUT2D eigenvalue weighted by Crippen LogP contribution is -2.31. The molecule has 10 nitrogen and oxygen atoms in total. The summed E-state index contributed by atoms with van der Waals surface area (Å²) in [5, 5.41) is 11.1. The maximum Gasteiger partial charge on any atom is 0.248 e. The Morgan fingerprint density at radius 3 is 2.85 bits per heavy atom. The molecule has 1 aromatic carbocycles. The molecule has 0 spiro atoms. The number of aromatic nitrogens is 4. The second kappa shape index (κ2) is 11.8. The molecule has 4 aromatic rings. The van der Waals surface area contributed by atoms with E-state index < -0.39 is 0 Å². The van der Waals surface area contributed by atoms with Gasteiger partial charge in [-0.3, -0.25) is 4.79 Å². The molecule has 1 aliphatic heterocycles. The van der Waals surface area contributed by atoms with Gasteiger partial charge in [-0.2, -0.15) is 5.10 Å². The summed E-state index contributed by atoms with van der Waals surface area (Å²) in [5.74, 6) is 0.635. The van der Waals surface area contributed by atoms with E-state index in [1.807, 2.05) is 36.5 Å². The standard InChI is InChI=1S/C29H31ClN8O2/c1-5-6-10-27(39)33-22-14-23(26(40-4)15-25(22)37-13-11-19(18-37)36(2)3)34-29-31-17-21(30)28(35-29)20-16-32-38-12-8-7-9-24(20)38/h5-10,12,14-17,19H,1,11,13,18H2,2-4H3,(H,33,39)(H,31,34,35)/b10-6-/t19-/m1/s1. The zero-order valence-corrected chi connectivity index (χ0v) is 23.4. The number of halogens is 1. The molecule has 206 valence electrons. The van der Waals surface area contributed by atoms with Crippen LogP contribution >= 0.6 is 11.6 Å². The average Bonchev–Trinajstić information content (AvgIpc) is 3.61. The molecule has 0 aliphatic carbocycles. The smallest absolute Gasteiger partial charge is 0.248 e. The van der Waals surface area contributed by atoms with Crippen LogP contribution < -0.4 is 20.3 Å². The van der Waals surface area contributed by atoms with Gasteiger partial charge in [-0.05, 0) is 38.7 Å². The van der Waals surface area contributed by atoms with Crippen molar-refractivity contribution in [2.24, 2.45) is 0 Å². The number of rotatable bonds is 9. The fourth-order valence-corrected chi connectivity index (χ4v) is 4.96. The van der Waals surface area contributed by atoms with Gasteiger partial charge in [0.15, 0.2) is 0 Å². The molecule has 0 saturated carbocycles. The summed E-state index contributed by atoms with van der Waals surface area (Å²) in [7, 11) is 5.77. The first-order valence-corrected chi connectivity index (χ1v) is 13.2. The summed E-state index contributed by atoms with van der Waals surface area (Å²) in [6, 6.07) is 9.96. The van der Waals surface area contributed by atoms with E-state index in [9.17, 15) is 4.79 Å². The monoisotopic (exact) mass is 558 g/mol. The highest BCUT2D eigenvalue weighted by Gasteiger charge is 2.27. The number of nitrogens with zero attached hydrogens (tertiary/aromatic N) is 6. The predicted molar refractivity (Wildman–Crippen MR) is 160 cm³/mol. The summed E-state index contributed by atoms with van der Waals surface area (Å²) < 4.78 is 7.53. The Hall–Kier alpha value is -4.41. The predicted octanol–water partition coefficient (Wildman–Crippen LogP) is 5.02. The van der Waals surface area contributed by atoms with Gasteiger partial charge < -0.3 is 25.2 Å². The second-order valence-electron chi connectivity index (χ2n) is 9.61. The molecule has 2 N–H and O–H groups in total. The van der Waals surface area contributed by atoms with Crippen molar-refractivity contribution >= 4 is 46.0 Å². The van der Waals surface area contributed by atoms with Crippen LogP contribution in [-0.2, 0) is 4.79 Å². The molecule has 5 rings (SSSR count). The van der Waals surface area contributed by atoms with Crippen LogP contribution in [0.25, 0.3) is 16.8 Å². The largest absolute Gasteiger partial charge is 0.494 e. The minimum Gasteiger partial charge on any atom is -0.494 e. The van der Waals surface area contributed by atoms with Crippen molar-refractivity contribution in [2.45, 2.75) is 12.5 Å². The van der Waals surface area contributed by atoms with E-state index in [4.69, 9.17) is 21.3 Å². The number of methoxy groups -OCH3 is 1. The van der Waals surface area contributed by atoms with E-state index in [1.165, 1.54) is 6.08 Å². The lowest BCUT2D eigenvalue weighted by molar-refractivity contribution is -0.111. The van der Waals surface area contributed by atoms with Gasteiger partial charge in [0.1, 0.15) is 5.75 Å². The molecule has 0 unspecified atom stereocenters. The van der Waals surface area contributed by atoms with Crippen molar-refractivity contribution < 1.29 is 9.53 Å². The Morgan fingerprint density at radius 1 is 1.25 bits per heavy atom. The number of hydrogen-bond acceptors (Lipinski definition) is 8. The molecule has 1 saturated heterocycles. The van der Waals surface area contributed by atoms with E-state index in [-0.39, 0.29) is 5.91 Å². The topological polar surface area (TPSA) is 99.9 Å². The van der Waals surface area contributed by atoms with Crippen LogP contribution in [0, 0.1) is 0 Å². The van der Waals surface area contributed by atoms with Gasteiger partial charge in [-0.1, -0.05) is 36.4 Å². The molecule has 1 atom stereocenters. The number of likely N-dealkylation sites (N-methyl/N-ethyl adjacent to an activating group) is 1. The highest BCUT2D eigenvalue weighted by atomic mass is 35.5. The third-order valence-corrected chi connectivity index (χ3v) is 7.14. The number of hydrogen-bond donors (Lipinski definition) is 2. The molecular formula is C29H31ClN8O2. The van der Waals surface area contributed by atoms with Crippen molar-refractivity contribution in [3.8, 4) is 17.0 Å². The fraction of sp³-hybridized carbons (Fsp3) is 0.241. The number of ether oxygens (including phenoxy) is 1. The number of allylic oxidation sites excluding steroid dienone is 2. The van der Waals surface area contributed by atoms with E-state index in [0.717, 1.165) is 36.3 Å². The molecule has 3 aromatic heterocycles. The highest BCUT2D eigenvalue weighted by molar-refractivity contribution is 6.33. The minimum atomic E-state index is -0.265. The van der Waals surface area contributed by atoms with E-state index >= 15 is 0 Å². The van der Waals surface area contributed by atoms with Crippen LogP contribution in [-0.4, -0.2) is 70.7 Å². The Kier molecular flexibility index (Phi) is 7.99. The third kappa shape index (κ3) is 5.63. The Balaban J connectivity index is 1.52. The number of benzene rings is 1. The van der Waals surface area contributed by atoms with Crippen LogP contribution in [0.3, 0.4) is 0 Å². The Labute approximate surface area is 237 Å². The number of nitrogens with one attached hydrogen (secondary N) is 2. The van der Waals surface area contributed by atoms with Crippen molar-refractivity contribution in [1.29, 1.82) is 0 Å². The molecule has 40 heavy (non-hydrogen) atoms. The van der Waals surface area contributed by atoms with E-state index in [0.29, 0.717) is 39.8 Å². The fourth-order valence-electron chi connectivity index (χ4n) is 4.76. The van der Waals surface area contributed by atoms with E-state index in [2.05, 4.69) is 51.2 Å². The molecule has 0 radical (unpaired) electrons. The molecule has 11 heteroatoms. The van der Waals surface area contributed by atoms with Crippen molar-refractivity contribution in [3.05, 3.63) is 78.8 Å². The summed E-state index contributed by atoms with van der Waals surface area (Å²) >= 11 is 6.52. The molecule has 1 aliphatic rings. The van der Waals surface area contributed by atoms with Crippen LogP contribution in [0.2, 0.25) is 5.02 Å². The maximum absolute atomic E-state index is 12.7. The van der Waals surface area contributed by atoms with Crippen LogP contribution in [0.15, 0.2) is 73.7 Å². The normalized spacial score (nSPS) is 15.2. The van der Waals surface area contributed by atoms with Gasteiger partial charge in [0.2, 0.25) is 11.9 Å². The van der Waals surface area contributed by atoms with Crippen molar-refractivity contribution in [1.82, 2.24) is 24.5 Å². The number of anilines is 4. The first-order valence-electron chi connectivity index (χ1n) is 12.8. The summed E-state index contributed by atoms with van der Waals surface area (Å²) in [4.78, 5) is 26.3. The Morgan fingerprint density at radius 2 is 2.10 bits per heavy atom. The highest BCUT2D eigenvalue weighted by Crippen LogP contribution is 2.40. The van der Waals surface area contributed by atoms with Gasteiger partial charge in [-0.25, -0.2) is 14.5 Å². The number of amides is 1. The van der Waals surface area contributed by atoms with Crippen LogP contribution in [0.4, 0.5) is 23.0 Å². The zero-order chi connectivity index (χ0) is 28.2. The van der Waals surface area contributed by atoms with E-state index in [1.54, 1.807) is 36.2 Å². The van der Waals surface area contributed by atoms with Gasteiger partial charge >= 0.3 is 0 Å². The summed E-state index contributed by atoms with van der Waals surface area (Å²) in [6.07, 6.45) is 10.7. The number of carbonyl (C=O) groups is 1. The van der Waals surface area contributed by atoms with Crippen LogP contribution in [0.5, 0.6) is 5.75 Å². The lowest BCUT2D eigenvalue weighted by Gasteiger charge is -2.25. The van der Waals surface area contributed by atoms with Crippen LogP contribution in [0.1, 0.15) is 6.42 Å². The van der Waals surface area contributed by atoms with Crippen molar-refractivity contribution in [3.63, 3.8) is 0 Å². The lowest BCUT2D eigenvalue weighted by atomic mass is 10.2. The van der Waals surface area contributed by atoms with Gasteiger partial charge in [-0.15, -0.1) is 0 Å². The molecular weight excluding hydrogens is 528 g/mol. The zero-order valence-electron chi connectivity index (χ0n) is 22.6. The number of carbonyl (C=O) groups excluding carboxylic acids is 1. The Bertz CT molecular complexity index is 1580. The third-order valence-electron chi connectivity index (χ3n) is 6.87. The quantitative estimate of drug-likeness (QED) is 0.218.